The quantitative estimate of drug-likeness (QED) is 0.753. The van der Waals surface area contributed by atoms with E-state index in [0.717, 1.165) is 51.6 Å². The summed E-state index contributed by atoms with van der Waals surface area (Å²) >= 11 is 0. The predicted octanol–water partition coefficient (Wildman–Crippen LogP) is 0.242. The number of nitrogens with one attached hydrogen (secondary N) is 1. The van der Waals surface area contributed by atoms with E-state index >= 15 is 0 Å². The van der Waals surface area contributed by atoms with Gasteiger partial charge >= 0.3 is 0 Å². The Hall–Kier alpha value is -1.10. The van der Waals surface area contributed by atoms with Crippen molar-refractivity contribution in [3.05, 3.63) is 0 Å². The predicted molar refractivity (Wildman–Crippen MR) is 68.8 cm³/mol. The van der Waals surface area contributed by atoms with Gasteiger partial charge in [-0.2, -0.15) is 0 Å². The van der Waals surface area contributed by atoms with Crippen LogP contribution in [-0.4, -0.2) is 42.4 Å². The minimum atomic E-state index is -0.410. The molecule has 2 rings (SSSR count). The van der Waals surface area contributed by atoms with E-state index in [1.54, 1.807) is 4.90 Å². The van der Waals surface area contributed by atoms with Gasteiger partial charge < -0.3 is 16.0 Å². The molecule has 102 valence electrons. The highest BCUT2D eigenvalue weighted by atomic mass is 16.2. The summed E-state index contributed by atoms with van der Waals surface area (Å²) in [5.74, 6) is -0.154. The number of carbonyl (C=O) groups excluding carboxylic acids is 2. The Kier molecular flexibility index (Phi) is 4.58. The van der Waals surface area contributed by atoms with Gasteiger partial charge in [-0.15, -0.1) is 0 Å². The van der Waals surface area contributed by atoms with Gasteiger partial charge in [-0.1, -0.05) is 12.8 Å². The molecule has 1 atom stereocenters. The molecule has 1 aliphatic heterocycles. The van der Waals surface area contributed by atoms with E-state index in [-0.39, 0.29) is 24.4 Å². The smallest absolute Gasteiger partial charge is 0.237 e. The van der Waals surface area contributed by atoms with Crippen molar-refractivity contribution >= 4 is 11.8 Å². The van der Waals surface area contributed by atoms with Crippen LogP contribution in [0, 0.1) is 5.92 Å². The highest BCUT2D eigenvalue weighted by molar-refractivity contribution is 5.85. The molecule has 1 saturated carbocycles. The zero-order valence-corrected chi connectivity index (χ0v) is 10.9. The van der Waals surface area contributed by atoms with Crippen molar-refractivity contribution in [1.29, 1.82) is 0 Å². The van der Waals surface area contributed by atoms with Crippen LogP contribution in [0.25, 0.3) is 0 Å². The summed E-state index contributed by atoms with van der Waals surface area (Å²) in [5, 5.41) is 3.29. The van der Waals surface area contributed by atoms with Crippen LogP contribution in [0.5, 0.6) is 0 Å². The van der Waals surface area contributed by atoms with Crippen LogP contribution in [0.4, 0.5) is 0 Å². The normalized spacial score (nSPS) is 25.0. The highest BCUT2D eigenvalue weighted by Crippen LogP contribution is 2.27. The molecule has 1 aliphatic carbocycles. The lowest BCUT2D eigenvalue weighted by molar-refractivity contribution is -0.141. The van der Waals surface area contributed by atoms with Crippen molar-refractivity contribution < 1.29 is 9.59 Å². The van der Waals surface area contributed by atoms with Gasteiger partial charge in [0.1, 0.15) is 0 Å². The molecule has 18 heavy (non-hydrogen) atoms. The fraction of sp³-hybridized carbons (Fsp3) is 0.846. The first-order chi connectivity index (χ1) is 8.68. The molecule has 2 aliphatic rings. The fourth-order valence-corrected chi connectivity index (χ4v) is 3.06. The highest BCUT2D eigenvalue weighted by Gasteiger charge is 2.32. The van der Waals surface area contributed by atoms with Crippen molar-refractivity contribution in [1.82, 2.24) is 10.2 Å². The third-order valence-electron chi connectivity index (χ3n) is 4.03. The molecule has 5 nitrogen and oxygen atoms in total. The number of rotatable bonds is 4. The number of piperidine rings is 1. The standard InChI is InChI=1S/C13H23N3O2/c14-12(17)9-16(11-6-3-7-15-8-11)13(18)10-4-1-2-5-10/h10-11,15H,1-9H2,(H2,14,17). The van der Waals surface area contributed by atoms with Gasteiger partial charge in [0, 0.05) is 18.5 Å². The van der Waals surface area contributed by atoms with Gasteiger partial charge in [-0.25, -0.2) is 0 Å². The third-order valence-corrected chi connectivity index (χ3v) is 4.03. The van der Waals surface area contributed by atoms with E-state index in [2.05, 4.69) is 5.32 Å². The maximum Gasteiger partial charge on any atom is 0.237 e. The Morgan fingerprint density at radius 1 is 1.17 bits per heavy atom. The van der Waals surface area contributed by atoms with Gasteiger partial charge in [0.05, 0.1) is 6.54 Å². The maximum absolute atomic E-state index is 12.5. The van der Waals surface area contributed by atoms with E-state index in [0.29, 0.717) is 0 Å². The summed E-state index contributed by atoms with van der Waals surface area (Å²) < 4.78 is 0. The molecule has 2 amide bonds. The molecule has 1 saturated heterocycles. The molecule has 0 aromatic carbocycles. The van der Waals surface area contributed by atoms with Crippen LogP contribution in [0.1, 0.15) is 38.5 Å². The van der Waals surface area contributed by atoms with Gasteiger partial charge in [-0.05, 0) is 32.2 Å². The second kappa shape index (κ2) is 6.18. The Morgan fingerprint density at radius 3 is 2.44 bits per heavy atom. The van der Waals surface area contributed by atoms with Crippen LogP contribution in [0.3, 0.4) is 0 Å². The van der Waals surface area contributed by atoms with Gasteiger partial charge in [0.15, 0.2) is 0 Å². The molecular formula is C13H23N3O2. The first-order valence-corrected chi connectivity index (χ1v) is 6.98. The molecule has 3 N–H and O–H groups in total. The Bertz CT molecular complexity index is 307. The molecule has 0 bridgehead atoms. The largest absolute Gasteiger partial charge is 0.368 e. The van der Waals surface area contributed by atoms with E-state index < -0.39 is 5.91 Å². The third kappa shape index (κ3) is 3.22. The first kappa shape index (κ1) is 13.3. The number of hydrogen-bond donors (Lipinski definition) is 2. The van der Waals surface area contributed by atoms with Crippen LogP contribution in [0.2, 0.25) is 0 Å². The number of hydrogen-bond acceptors (Lipinski definition) is 3. The first-order valence-electron chi connectivity index (χ1n) is 6.98. The van der Waals surface area contributed by atoms with Gasteiger partial charge in [0.2, 0.25) is 11.8 Å². The molecule has 0 spiro atoms. The van der Waals surface area contributed by atoms with E-state index in [1.165, 1.54) is 0 Å². The Morgan fingerprint density at radius 2 is 1.89 bits per heavy atom. The molecule has 0 aromatic heterocycles. The molecule has 1 unspecified atom stereocenters. The van der Waals surface area contributed by atoms with Crippen molar-refractivity contribution in [2.75, 3.05) is 19.6 Å². The number of primary amides is 1. The molecule has 0 aromatic rings. The average molecular weight is 253 g/mol. The molecule has 2 fully saturated rings. The van der Waals surface area contributed by atoms with Crippen molar-refractivity contribution in [3.8, 4) is 0 Å². The van der Waals surface area contributed by atoms with E-state index in [4.69, 9.17) is 5.73 Å². The van der Waals surface area contributed by atoms with Crippen molar-refractivity contribution in [3.63, 3.8) is 0 Å². The van der Waals surface area contributed by atoms with E-state index in [1.807, 2.05) is 0 Å². The minimum absolute atomic E-state index is 0.0711. The lowest BCUT2D eigenvalue weighted by Gasteiger charge is -2.35. The topological polar surface area (TPSA) is 75.4 Å². The molecule has 1 heterocycles. The van der Waals surface area contributed by atoms with E-state index in [9.17, 15) is 9.59 Å². The zero-order chi connectivity index (χ0) is 13.0. The second-order valence-corrected chi connectivity index (χ2v) is 5.41. The summed E-state index contributed by atoms with van der Waals surface area (Å²) in [5.41, 5.74) is 5.28. The summed E-state index contributed by atoms with van der Waals surface area (Å²) in [6, 6.07) is 0.138. The van der Waals surface area contributed by atoms with Crippen LogP contribution in [-0.2, 0) is 9.59 Å². The summed E-state index contributed by atoms with van der Waals surface area (Å²) in [4.78, 5) is 25.4. The SMILES string of the molecule is NC(=O)CN(C(=O)C1CCCC1)C1CCCNC1. The minimum Gasteiger partial charge on any atom is -0.368 e. The number of amides is 2. The van der Waals surface area contributed by atoms with Crippen LogP contribution < -0.4 is 11.1 Å². The van der Waals surface area contributed by atoms with Crippen LogP contribution in [0.15, 0.2) is 0 Å². The van der Waals surface area contributed by atoms with Crippen molar-refractivity contribution in [2.24, 2.45) is 11.7 Å². The molecular weight excluding hydrogens is 230 g/mol. The monoisotopic (exact) mass is 253 g/mol. The molecule has 5 heteroatoms. The maximum atomic E-state index is 12.5. The molecule has 0 radical (unpaired) electrons. The average Bonchev–Trinajstić information content (AvgIpc) is 2.90. The lowest BCUT2D eigenvalue weighted by Crippen LogP contribution is -2.52. The van der Waals surface area contributed by atoms with Crippen LogP contribution >= 0.6 is 0 Å². The lowest BCUT2D eigenvalue weighted by atomic mass is 10.0. The number of nitrogens with zero attached hydrogens (tertiary/aromatic N) is 1. The summed E-state index contributed by atoms with van der Waals surface area (Å²) in [7, 11) is 0. The fourth-order valence-electron chi connectivity index (χ4n) is 3.06. The summed E-state index contributed by atoms with van der Waals surface area (Å²) in [6.07, 6.45) is 6.21. The van der Waals surface area contributed by atoms with Crippen molar-refractivity contribution in [2.45, 2.75) is 44.6 Å². The number of carbonyl (C=O) groups is 2. The summed E-state index contributed by atoms with van der Waals surface area (Å²) in [6.45, 7) is 1.85. The Labute approximate surface area is 108 Å². The van der Waals surface area contributed by atoms with Gasteiger partial charge in [0.25, 0.3) is 0 Å². The zero-order valence-electron chi connectivity index (χ0n) is 10.9. The Balaban J connectivity index is 2.02. The van der Waals surface area contributed by atoms with Gasteiger partial charge in [-0.3, -0.25) is 9.59 Å². The number of nitrogens with two attached hydrogens (primary N) is 1. The second-order valence-electron chi connectivity index (χ2n) is 5.41.